The molecule has 0 spiro atoms. The maximum atomic E-state index is 10.9. The Bertz CT molecular complexity index is 542. The Morgan fingerprint density at radius 2 is 2.25 bits per heavy atom. The molecule has 2 rings (SSSR count). The van der Waals surface area contributed by atoms with Crippen molar-refractivity contribution in [3.8, 4) is 0 Å². The Labute approximate surface area is 94.3 Å². The van der Waals surface area contributed by atoms with Gasteiger partial charge in [0.2, 0.25) is 5.91 Å². The molecule has 1 amide bonds. The van der Waals surface area contributed by atoms with Gasteiger partial charge in [0.05, 0.1) is 11.0 Å². The second-order valence-corrected chi connectivity index (χ2v) is 3.79. The third-order valence-electron chi connectivity index (χ3n) is 2.58. The Kier molecular flexibility index (Phi) is 2.64. The summed E-state index contributed by atoms with van der Waals surface area (Å²) in [6.45, 7) is 6.49. The number of benzene rings is 1. The van der Waals surface area contributed by atoms with Crippen molar-refractivity contribution in [1.82, 2.24) is 9.55 Å². The second-order valence-electron chi connectivity index (χ2n) is 3.79. The van der Waals surface area contributed by atoms with Crippen LogP contribution in [0.4, 0.5) is 5.69 Å². The van der Waals surface area contributed by atoms with Crippen molar-refractivity contribution in [2.24, 2.45) is 0 Å². The van der Waals surface area contributed by atoms with E-state index >= 15 is 0 Å². The van der Waals surface area contributed by atoms with Gasteiger partial charge in [0, 0.05) is 19.2 Å². The van der Waals surface area contributed by atoms with Crippen LogP contribution in [-0.2, 0) is 11.3 Å². The summed E-state index contributed by atoms with van der Waals surface area (Å²) in [6.07, 6.45) is 0. The van der Waals surface area contributed by atoms with Crippen molar-refractivity contribution in [3.63, 3.8) is 0 Å². The highest BCUT2D eigenvalue weighted by Crippen LogP contribution is 2.20. The number of nitrogens with one attached hydrogen (secondary N) is 1. The van der Waals surface area contributed by atoms with Crippen molar-refractivity contribution in [1.29, 1.82) is 0 Å². The monoisotopic (exact) mass is 217 g/mol. The summed E-state index contributed by atoms with van der Waals surface area (Å²) in [6, 6.07) is 5.79. The molecule has 0 aliphatic heterocycles. The Morgan fingerprint density at radius 1 is 1.50 bits per heavy atom. The zero-order chi connectivity index (χ0) is 11.7. The van der Waals surface area contributed by atoms with E-state index < -0.39 is 0 Å². The van der Waals surface area contributed by atoms with E-state index in [0.717, 1.165) is 29.1 Å². The molecule has 0 saturated heterocycles. The van der Waals surface area contributed by atoms with Gasteiger partial charge >= 0.3 is 0 Å². The molecule has 0 saturated carbocycles. The van der Waals surface area contributed by atoms with Gasteiger partial charge in [-0.2, -0.15) is 0 Å². The highest BCUT2D eigenvalue weighted by Gasteiger charge is 2.06. The fourth-order valence-electron chi connectivity index (χ4n) is 1.93. The zero-order valence-corrected chi connectivity index (χ0v) is 9.74. The number of carbonyl (C=O) groups excluding carboxylic acids is 1. The van der Waals surface area contributed by atoms with E-state index in [9.17, 15) is 4.79 Å². The van der Waals surface area contributed by atoms with Crippen molar-refractivity contribution in [2.75, 3.05) is 5.32 Å². The summed E-state index contributed by atoms with van der Waals surface area (Å²) in [5, 5.41) is 2.76. The predicted octanol–water partition coefficient (Wildman–Crippen LogP) is 2.32. The quantitative estimate of drug-likeness (QED) is 0.839. The van der Waals surface area contributed by atoms with Gasteiger partial charge in [-0.1, -0.05) is 0 Å². The largest absolute Gasteiger partial charge is 0.329 e. The first-order valence-corrected chi connectivity index (χ1v) is 5.36. The second kappa shape index (κ2) is 3.96. The van der Waals surface area contributed by atoms with Crippen LogP contribution >= 0.6 is 0 Å². The number of anilines is 1. The molecule has 0 aliphatic rings. The van der Waals surface area contributed by atoms with Gasteiger partial charge in [0.1, 0.15) is 5.82 Å². The Morgan fingerprint density at radius 3 is 2.88 bits per heavy atom. The summed E-state index contributed by atoms with van der Waals surface area (Å²) in [5.74, 6) is 0.934. The molecular weight excluding hydrogens is 202 g/mol. The lowest BCUT2D eigenvalue weighted by atomic mass is 10.2. The molecule has 1 aromatic carbocycles. The van der Waals surface area contributed by atoms with Crippen LogP contribution in [0.25, 0.3) is 11.0 Å². The zero-order valence-electron chi connectivity index (χ0n) is 9.74. The highest BCUT2D eigenvalue weighted by molar-refractivity contribution is 5.91. The minimum Gasteiger partial charge on any atom is -0.329 e. The maximum Gasteiger partial charge on any atom is 0.221 e. The predicted molar refractivity (Wildman–Crippen MR) is 64.4 cm³/mol. The van der Waals surface area contributed by atoms with E-state index in [0.29, 0.717) is 0 Å². The number of fused-ring (bicyclic) bond motifs is 1. The van der Waals surface area contributed by atoms with E-state index in [1.807, 2.05) is 25.1 Å². The number of aromatic nitrogens is 2. The molecule has 84 valence electrons. The van der Waals surface area contributed by atoms with Gasteiger partial charge < -0.3 is 9.88 Å². The summed E-state index contributed by atoms with van der Waals surface area (Å²) in [4.78, 5) is 15.4. The fourth-order valence-corrected chi connectivity index (χ4v) is 1.93. The van der Waals surface area contributed by atoms with Gasteiger partial charge in [-0.05, 0) is 32.0 Å². The van der Waals surface area contributed by atoms with Gasteiger partial charge in [-0.3, -0.25) is 4.79 Å². The SMILES string of the molecule is CCn1c(C)nc2cc(NC(C)=O)ccc21. The van der Waals surface area contributed by atoms with E-state index in [2.05, 4.69) is 21.8 Å². The lowest BCUT2D eigenvalue weighted by molar-refractivity contribution is -0.114. The fraction of sp³-hybridized carbons (Fsp3) is 0.333. The molecule has 0 fully saturated rings. The van der Waals surface area contributed by atoms with E-state index in [4.69, 9.17) is 0 Å². The number of hydrogen-bond donors (Lipinski definition) is 1. The Balaban J connectivity index is 2.51. The average molecular weight is 217 g/mol. The summed E-state index contributed by atoms with van der Waals surface area (Å²) in [5.41, 5.74) is 2.82. The van der Waals surface area contributed by atoms with Crippen LogP contribution in [0, 0.1) is 6.92 Å². The highest BCUT2D eigenvalue weighted by atomic mass is 16.1. The molecule has 2 aromatic rings. The Hall–Kier alpha value is -1.84. The van der Waals surface area contributed by atoms with Crippen molar-refractivity contribution in [3.05, 3.63) is 24.0 Å². The van der Waals surface area contributed by atoms with E-state index in [1.54, 1.807) is 0 Å². The molecule has 0 unspecified atom stereocenters. The van der Waals surface area contributed by atoms with E-state index in [-0.39, 0.29) is 5.91 Å². The summed E-state index contributed by atoms with van der Waals surface area (Å²) < 4.78 is 2.15. The lowest BCUT2D eigenvalue weighted by Crippen LogP contribution is -2.05. The van der Waals surface area contributed by atoms with Crippen LogP contribution < -0.4 is 5.32 Å². The van der Waals surface area contributed by atoms with E-state index in [1.165, 1.54) is 6.92 Å². The number of nitrogens with zero attached hydrogens (tertiary/aromatic N) is 2. The summed E-state index contributed by atoms with van der Waals surface area (Å²) in [7, 11) is 0. The van der Waals surface area contributed by atoms with Crippen LogP contribution in [0.2, 0.25) is 0 Å². The van der Waals surface area contributed by atoms with Crippen LogP contribution in [0.15, 0.2) is 18.2 Å². The maximum absolute atomic E-state index is 10.9. The number of rotatable bonds is 2. The van der Waals surface area contributed by atoms with Gasteiger partial charge in [0.25, 0.3) is 0 Å². The molecule has 0 atom stereocenters. The first-order valence-electron chi connectivity index (χ1n) is 5.36. The molecule has 4 nitrogen and oxygen atoms in total. The minimum absolute atomic E-state index is 0.0639. The third kappa shape index (κ3) is 1.78. The molecule has 0 radical (unpaired) electrons. The van der Waals surface area contributed by atoms with Crippen LogP contribution in [0.5, 0.6) is 0 Å². The molecule has 4 heteroatoms. The van der Waals surface area contributed by atoms with Crippen LogP contribution in [0.3, 0.4) is 0 Å². The molecular formula is C12H15N3O. The molecule has 0 bridgehead atoms. The smallest absolute Gasteiger partial charge is 0.221 e. The van der Waals surface area contributed by atoms with Crippen LogP contribution in [-0.4, -0.2) is 15.5 Å². The average Bonchev–Trinajstić information content (AvgIpc) is 2.51. The van der Waals surface area contributed by atoms with Gasteiger partial charge in [-0.25, -0.2) is 4.98 Å². The topological polar surface area (TPSA) is 46.9 Å². The standard InChI is InChI=1S/C12H15N3O/c1-4-15-8(2)13-11-7-10(14-9(3)16)5-6-12(11)15/h5-7H,4H2,1-3H3,(H,14,16). The molecule has 1 N–H and O–H groups in total. The number of carbonyl (C=O) groups is 1. The van der Waals surface area contributed by atoms with Crippen molar-refractivity contribution in [2.45, 2.75) is 27.3 Å². The number of hydrogen-bond acceptors (Lipinski definition) is 2. The molecule has 1 aromatic heterocycles. The minimum atomic E-state index is -0.0639. The third-order valence-corrected chi connectivity index (χ3v) is 2.58. The number of amides is 1. The molecule has 16 heavy (non-hydrogen) atoms. The first kappa shape index (κ1) is 10.7. The molecule has 0 aliphatic carbocycles. The van der Waals surface area contributed by atoms with Crippen molar-refractivity contribution < 1.29 is 4.79 Å². The van der Waals surface area contributed by atoms with Gasteiger partial charge in [-0.15, -0.1) is 0 Å². The number of aryl methyl sites for hydroxylation is 2. The summed E-state index contributed by atoms with van der Waals surface area (Å²) >= 11 is 0. The van der Waals surface area contributed by atoms with Gasteiger partial charge in [0.15, 0.2) is 0 Å². The first-order chi connectivity index (χ1) is 7.61. The van der Waals surface area contributed by atoms with Crippen molar-refractivity contribution >= 4 is 22.6 Å². The molecule has 1 heterocycles. The number of imidazole rings is 1. The lowest BCUT2D eigenvalue weighted by Gasteiger charge is -2.03. The van der Waals surface area contributed by atoms with Crippen LogP contribution in [0.1, 0.15) is 19.7 Å². The normalized spacial score (nSPS) is 10.7.